The van der Waals surface area contributed by atoms with Crippen LogP contribution in [0.1, 0.15) is 99.3 Å². The molecule has 1 amide bonds. The summed E-state index contributed by atoms with van der Waals surface area (Å²) in [4.78, 5) is 22.8. The van der Waals surface area contributed by atoms with Gasteiger partial charge in [-0.15, -0.1) is 0 Å². The molecule has 1 heterocycles. The normalized spacial score (nSPS) is 47.1. The second kappa shape index (κ2) is 9.66. The third-order valence-corrected chi connectivity index (χ3v) is 11.8. The second-order valence-electron chi connectivity index (χ2n) is 13.9. The van der Waals surface area contributed by atoms with Gasteiger partial charge in [-0.05, 0) is 85.4 Å². The van der Waals surface area contributed by atoms with Crippen molar-refractivity contribution in [2.75, 3.05) is 6.54 Å². The van der Waals surface area contributed by atoms with E-state index in [1.165, 1.54) is 25.3 Å². The lowest BCUT2D eigenvalue weighted by Crippen LogP contribution is -2.52. The van der Waals surface area contributed by atoms with E-state index in [1.807, 2.05) is 0 Å². The monoisotopic (exact) mass is 515 g/mol. The van der Waals surface area contributed by atoms with Gasteiger partial charge in [-0.1, -0.05) is 39.3 Å². The zero-order valence-electron chi connectivity index (χ0n) is 23.8. The maximum absolute atomic E-state index is 11.7. The topological polar surface area (TPSA) is 84.9 Å². The van der Waals surface area contributed by atoms with Crippen LogP contribution in [0.4, 0.5) is 0 Å². The summed E-state index contributed by atoms with van der Waals surface area (Å²) in [5, 5.41) is 14.6. The van der Waals surface area contributed by atoms with Gasteiger partial charge in [0.1, 0.15) is 6.10 Å². The van der Waals surface area contributed by atoms with Crippen molar-refractivity contribution in [1.82, 2.24) is 5.32 Å². The molecule has 208 valence electrons. The Balaban J connectivity index is 1.28. The van der Waals surface area contributed by atoms with Crippen LogP contribution < -0.4 is 5.32 Å². The highest BCUT2D eigenvalue weighted by Gasteiger charge is 2.67. The largest absolute Gasteiger partial charge is 0.462 e. The Kier molecular flexibility index (Phi) is 7.09. The molecular formula is C31H49NO5. The number of aliphatic hydroxyl groups is 1. The molecule has 2 N–H and O–H groups in total. The van der Waals surface area contributed by atoms with Gasteiger partial charge in [-0.3, -0.25) is 9.59 Å². The summed E-state index contributed by atoms with van der Waals surface area (Å²) in [7, 11) is 0. The van der Waals surface area contributed by atoms with Crippen LogP contribution in [0.15, 0.2) is 11.6 Å². The van der Waals surface area contributed by atoms with E-state index < -0.39 is 5.79 Å². The number of carbonyl (C=O) groups is 2. The highest BCUT2D eigenvalue weighted by molar-refractivity contribution is 5.72. The van der Waals surface area contributed by atoms with E-state index in [4.69, 9.17) is 9.47 Å². The number of nitrogens with one attached hydrogen (secondary N) is 1. The average Bonchev–Trinajstić information content (AvgIpc) is 3.26. The Morgan fingerprint density at radius 2 is 1.97 bits per heavy atom. The number of fused-ring (bicyclic) bond motifs is 7. The Bertz CT molecular complexity index is 948. The maximum atomic E-state index is 11.7. The summed E-state index contributed by atoms with van der Waals surface area (Å²) in [6.45, 7) is 13.1. The number of hydrogen-bond donors (Lipinski definition) is 2. The fourth-order valence-corrected chi connectivity index (χ4v) is 9.81. The van der Waals surface area contributed by atoms with Gasteiger partial charge in [-0.25, -0.2) is 0 Å². The highest BCUT2D eigenvalue weighted by Crippen LogP contribution is 2.70. The molecule has 3 saturated carbocycles. The summed E-state index contributed by atoms with van der Waals surface area (Å²) < 4.78 is 12.2. The van der Waals surface area contributed by atoms with Crippen LogP contribution in [0.3, 0.4) is 0 Å². The molecular weight excluding hydrogens is 466 g/mol. The molecule has 1 saturated heterocycles. The molecule has 6 heteroatoms. The summed E-state index contributed by atoms with van der Waals surface area (Å²) in [6.07, 6.45) is 11.8. The minimum absolute atomic E-state index is 0.00359. The third kappa shape index (κ3) is 4.58. The van der Waals surface area contributed by atoms with Gasteiger partial charge in [0, 0.05) is 39.2 Å². The molecule has 0 bridgehead atoms. The van der Waals surface area contributed by atoms with Crippen molar-refractivity contribution < 1.29 is 24.2 Å². The predicted octanol–water partition coefficient (Wildman–Crippen LogP) is 5.38. The lowest BCUT2D eigenvalue weighted by Gasteiger charge is -2.58. The number of hydrogen-bond acceptors (Lipinski definition) is 5. The van der Waals surface area contributed by atoms with Crippen LogP contribution in [-0.2, 0) is 19.1 Å². The first-order valence-electron chi connectivity index (χ1n) is 14.9. The van der Waals surface area contributed by atoms with Crippen LogP contribution in [0.2, 0.25) is 0 Å². The summed E-state index contributed by atoms with van der Waals surface area (Å²) >= 11 is 0. The minimum atomic E-state index is -1.06. The molecule has 0 aromatic heterocycles. The average molecular weight is 516 g/mol. The van der Waals surface area contributed by atoms with E-state index in [9.17, 15) is 14.7 Å². The smallest absolute Gasteiger partial charge is 0.302 e. The van der Waals surface area contributed by atoms with Crippen molar-refractivity contribution in [3.05, 3.63) is 11.6 Å². The van der Waals surface area contributed by atoms with E-state index in [2.05, 4.69) is 39.1 Å². The zero-order chi connectivity index (χ0) is 26.8. The third-order valence-electron chi connectivity index (χ3n) is 11.8. The lowest BCUT2D eigenvalue weighted by atomic mass is 9.47. The van der Waals surface area contributed by atoms with E-state index in [0.717, 1.165) is 38.5 Å². The first kappa shape index (κ1) is 27.2. The fourth-order valence-electron chi connectivity index (χ4n) is 9.81. The lowest BCUT2D eigenvalue weighted by molar-refractivity contribution is -0.220. The molecule has 37 heavy (non-hydrogen) atoms. The van der Waals surface area contributed by atoms with Gasteiger partial charge in [0.05, 0.1) is 6.10 Å². The van der Waals surface area contributed by atoms with Crippen molar-refractivity contribution in [2.45, 2.75) is 117 Å². The van der Waals surface area contributed by atoms with Crippen molar-refractivity contribution in [2.24, 2.45) is 46.3 Å². The molecule has 4 aliphatic carbocycles. The molecule has 0 radical (unpaired) electrons. The summed E-state index contributed by atoms with van der Waals surface area (Å²) in [5.74, 6) is 1.58. The van der Waals surface area contributed by atoms with Gasteiger partial charge in [0.2, 0.25) is 5.91 Å². The number of allylic oxidation sites excluding steroid dienone is 1. The number of carbonyl (C=O) groups excluding carboxylic acids is 2. The maximum Gasteiger partial charge on any atom is 0.302 e. The molecule has 5 rings (SSSR count). The van der Waals surface area contributed by atoms with Gasteiger partial charge >= 0.3 is 5.97 Å². The quantitative estimate of drug-likeness (QED) is 0.366. The van der Waals surface area contributed by atoms with E-state index in [-0.39, 0.29) is 40.8 Å². The van der Waals surface area contributed by atoms with Gasteiger partial charge in [-0.2, -0.15) is 0 Å². The molecule has 11 atom stereocenters. The molecule has 1 aliphatic heterocycles. The molecule has 5 aliphatic rings. The fraction of sp³-hybridized carbons (Fsp3) is 0.871. The van der Waals surface area contributed by atoms with Crippen molar-refractivity contribution >= 4 is 11.9 Å². The van der Waals surface area contributed by atoms with E-state index in [1.54, 1.807) is 6.92 Å². The zero-order valence-corrected chi connectivity index (χ0v) is 23.8. The SMILES string of the molecule is CC(=O)NCC(C)CCC1(O)OC2CC3C4CC=C5C[C@@H](OC(C)=O)CC[C@]5(C)C4CC[C@]3(C)C2C1C. The van der Waals surface area contributed by atoms with Crippen LogP contribution in [-0.4, -0.2) is 41.5 Å². The predicted molar refractivity (Wildman–Crippen MR) is 142 cm³/mol. The van der Waals surface area contributed by atoms with Crippen LogP contribution in [0.5, 0.6) is 0 Å². The second-order valence-corrected chi connectivity index (χ2v) is 13.9. The first-order chi connectivity index (χ1) is 17.4. The molecule has 0 aromatic carbocycles. The Morgan fingerprint density at radius 3 is 2.68 bits per heavy atom. The molecule has 6 nitrogen and oxygen atoms in total. The van der Waals surface area contributed by atoms with Crippen LogP contribution >= 0.6 is 0 Å². The van der Waals surface area contributed by atoms with E-state index in [0.29, 0.717) is 42.6 Å². The number of amides is 1. The highest BCUT2D eigenvalue weighted by atomic mass is 16.6. The van der Waals surface area contributed by atoms with Crippen molar-refractivity contribution in [3.63, 3.8) is 0 Å². The van der Waals surface area contributed by atoms with Gasteiger partial charge < -0.3 is 19.9 Å². The van der Waals surface area contributed by atoms with Crippen LogP contribution in [0, 0.1) is 46.3 Å². The van der Waals surface area contributed by atoms with Gasteiger partial charge in [0.25, 0.3) is 0 Å². The number of ether oxygens (including phenoxy) is 2. The summed E-state index contributed by atoms with van der Waals surface area (Å²) in [6, 6.07) is 0. The Morgan fingerprint density at radius 1 is 1.22 bits per heavy atom. The standard InChI is InChI=1S/C31H49NO5/c1-18(17-32-20(3)33)9-14-31(35)19(2)28-27(37-31)16-26-24-8-7-22-15-23(36-21(4)34)10-12-29(22,5)25(24)11-13-30(26,28)6/h7,18-19,23-28,35H,8-17H2,1-6H3,(H,32,33)/t18?,19?,23-,24?,25?,26?,27?,28?,29-,30-,31?/m0/s1. The number of rotatable bonds is 6. The van der Waals surface area contributed by atoms with Crippen LogP contribution in [0.25, 0.3) is 0 Å². The Labute approximate surface area is 223 Å². The molecule has 0 aromatic rings. The molecule has 8 unspecified atom stereocenters. The van der Waals surface area contributed by atoms with Crippen molar-refractivity contribution in [3.8, 4) is 0 Å². The Hall–Kier alpha value is -1.40. The first-order valence-corrected chi connectivity index (χ1v) is 14.9. The van der Waals surface area contributed by atoms with Gasteiger partial charge in [0.15, 0.2) is 5.79 Å². The summed E-state index contributed by atoms with van der Waals surface area (Å²) in [5.41, 5.74) is 1.95. The minimum Gasteiger partial charge on any atom is -0.462 e. The molecule has 4 fully saturated rings. The number of esters is 1. The van der Waals surface area contributed by atoms with E-state index >= 15 is 0 Å². The van der Waals surface area contributed by atoms with Crippen molar-refractivity contribution in [1.29, 1.82) is 0 Å². The molecule has 0 spiro atoms.